The molecule has 258 valence electrons. The van der Waals surface area contributed by atoms with Gasteiger partial charge in [-0.2, -0.15) is 40.7 Å². The fourth-order valence-electron chi connectivity index (χ4n) is 4.55. The van der Waals surface area contributed by atoms with Gasteiger partial charge < -0.3 is 10.2 Å². The van der Waals surface area contributed by atoms with E-state index in [1.807, 2.05) is 12.1 Å². The normalized spacial score (nSPS) is 16.5. The van der Waals surface area contributed by atoms with Gasteiger partial charge in [-0.15, -0.1) is 0 Å². The second-order valence-electron chi connectivity index (χ2n) is 10.6. The predicted molar refractivity (Wildman–Crippen MR) is 180 cm³/mol. The number of nitro groups is 2. The van der Waals surface area contributed by atoms with Gasteiger partial charge in [0.25, 0.3) is 23.2 Å². The zero-order valence-corrected chi connectivity index (χ0v) is 30.9. The number of hydrogen-bond acceptors (Lipinski definition) is 14. The number of rotatable bonds is 8. The fraction of sp³-hybridized carbons (Fsp3) is 0.125. The van der Waals surface area contributed by atoms with Gasteiger partial charge in [-0.25, -0.2) is 0 Å². The van der Waals surface area contributed by atoms with Crippen LogP contribution < -0.4 is 39.6 Å². The number of azo groups is 2. The van der Waals surface area contributed by atoms with Crippen molar-refractivity contribution in [3.8, 4) is 11.5 Å². The summed E-state index contributed by atoms with van der Waals surface area (Å²) in [6.45, 7) is 3.31. The molecule has 0 spiro atoms. The van der Waals surface area contributed by atoms with Gasteiger partial charge in [-0.3, -0.25) is 29.8 Å². The van der Waals surface area contributed by atoms with Gasteiger partial charge >= 0.3 is 29.6 Å². The number of anilines is 2. The van der Waals surface area contributed by atoms with Crippen LogP contribution in [-0.2, 0) is 27.0 Å². The van der Waals surface area contributed by atoms with Crippen LogP contribution in [0.1, 0.15) is 13.8 Å². The summed E-state index contributed by atoms with van der Waals surface area (Å²) in [6.07, 6.45) is 0. The van der Waals surface area contributed by atoms with Crippen LogP contribution in [0.4, 0.5) is 34.1 Å². The number of non-ortho nitro benzene ring substituents is 2. The minimum absolute atomic E-state index is 0. The average Bonchev–Trinajstić information content (AvgIpc) is 3.56. The second-order valence-corrected chi connectivity index (χ2v) is 10.6. The Morgan fingerprint density at radius 1 is 0.635 bits per heavy atom. The van der Waals surface area contributed by atoms with Crippen LogP contribution in [0.25, 0.3) is 0 Å². The van der Waals surface area contributed by atoms with Crippen LogP contribution in [0.5, 0.6) is 11.5 Å². The van der Waals surface area contributed by atoms with Crippen molar-refractivity contribution in [2.24, 2.45) is 30.7 Å². The van der Waals surface area contributed by atoms with Gasteiger partial charge in [0.1, 0.15) is 22.9 Å². The first kappa shape index (κ1) is 40.7. The Bertz CT molecular complexity index is 1950. The molecule has 20 heteroatoms. The van der Waals surface area contributed by atoms with Gasteiger partial charge in [0, 0.05) is 29.5 Å². The Labute approximate surface area is 327 Å². The van der Waals surface area contributed by atoms with Crippen molar-refractivity contribution in [1.29, 1.82) is 0 Å². The quantitative estimate of drug-likeness (QED) is 0.117. The smallest absolute Gasteiger partial charge is 0.505 e. The first-order valence-electron chi connectivity index (χ1n) is 14.6. The van der Waals surface area contributed by atoms with Gasteiger partial charge in [-0.05, 0) is 50.2 Å². The molecule has 0 fully saturated rings. The number of para-hydroxylation sites is 2. The van der Waals surface area contributed by atoms with E-state index in [1.54, 1.807) is 62.4 Å². The molecule has 52 heavy (non-hydrogen) atoms. The SMILES string of the molecule is CC1=NN(c2ccccc2)C(=O)C1N=Nc1ccc([N+](=O)[O-])cc1O.CC1=NN(c2ccccc2)C(=O)C1N=Nc1ccc([N+](=O)[O-])cc1O.[Cr].[Na+]. The predicted octanol–water partition coefficient (Wildman–Crippen LogP) is 3.35. The Hall–Kier alpha value is -5.71. The van der Waals surface area contributed by atoms with E-state index in [9.17, 15) is 40.0 Å². The topological polar surface area (TPSA) is 242 Å². The molecule has 0 saturated carbocycles. The Morgan fingerprint density at radius 3 is 1.29 bits per heavy atom. The molecule has 2 atom stereocenters. The van der Waals surface area contributed by atoms with Crippen molar-refractivity contribution in [2.45, 2.75) is 25.9 Å². The third kappa shape index (κ3) is 9.34. The summed E-state index contributed by atoms with van der Waals surface area (Å²) < 4.78 is 0. The summed E-state index contributed by atoms with van der Waals surface area (Å²) in [5, 5.41) is 67.3. The number of phenols is 2. The minimum atomic E-state index is -0.908. The molecule has 2 aliphatic rings. The molecule has 2 unspecified atom stereocenters. The Balaban J connectivity index is 0.000000270. The monoisotopic (exact) mass is 753 g/mol. The molecule has 0 saturated heterocycles. The molecule has 2 amide bonds. The first-order chi connectivity index (χ1) is 23.9. The Kier molecular flexibility index (Phi) is 14.1. The van der Waals surface area contributed by atoms with Crippen LogP contribution in [-0.4, -0.2) is 55.4 Å². The number of benzene rings is 4. The third-order valence-corrected chi connectivity index (χ3v) is 7.10. The van der Waals surface area contributed by atoms with Crippen molar-refractivity contribution < 1.29 is 76.6 Å². The van der Waals surface area contributed by atoms with Crippen molar-refractivity contribution in [3.05, 3.63) is 117 Å². The molecule has 2 heterocycles. The number of carbonyl (C=O) groups excluding carboxylic acids is 2. The summed E-state index contributed by atoms with van der Waals surface area (Å²) in [5.41, 5.74) is 1.68. The number of nitro benzene ring substituents is 2. The average molecular weight is 754 g/mol. The van der Waals surface area contributed by atoms with Crippen LogP contribution >= 0.6 is 0 Å². The molecule has 18 nitrogen and oxygen atoms in total. The number of aromatic hydroxyl groups is 2. The minimum Gasteiger partial charge on any atom is -0.505 e. The zero-order valence-electron chi connectivity index (χ0n) is 27.6. The van der Waals surface area contributed by atoms with E-state index >= 15 is 0 Å². The summed E-state index contributed by atoms with van der Waals surface area (Å²) in [4.78, 5) is 45.0. The standard InChI is InChI=1S/2C16H13N5O4.Cr.Na/c2*1-10-15(16(23)20(19-10)11-5-3-2-4-6-11)18-17-13-8-7-12(21(24)25)9-14(13)22;;/h2*2-9,15,22H,1H3;;/q;;;+1. The van der Waals surface area contributed by atoms with Gasteiger partial charge in [-0.1, -0.05) is 36.4 Å². The van der Waals surface area contributed by atoms with Gasteiger partial charge in [0.15, 0.2) is 12.1 Å². The van der Waals surface area contributed by atoms with Crippen LogP contribution in [0.3, 0.4) is 0 Å². The molecule has 4 aromatic rings. The number of hydrazone groups is 2. The molecule has 0 aliphatic carbocycles. The number of amides is 2. The second kappa shape index (κ2) is 18.0. The molecular formula is C32H26CrN10NaO8+. The van der Waals surface area contributed by atoms with Crippen molar-refractivity contribution in [1.82, 2.24) is 0 Å². The van der Waals surface area contributed by atoms with E-state index in [0.717, 1.165) is 12.1 Å². The van der Waals surface area contributed by atoms with E-state index in [4.69, 9.17) is 0 Å². The number of hydrogen-bond donors (Lipinski definition) is 2. The molecule has 0 aromatic heterocycles. The van der Waals surface area contributed by atoms with Crippen molar-refractivity contribution in [2.75, 3.05) is 10.0 Å². The maximum absolute atomic E-state index is 12.5. The molecule has 6 rings (SSSR count). The molecular weight excluding hydrogens is 727 g/mol. The first-order valence-corrected chi connectivity index (χ1v) is 14.6. The van der Waals surface area contributed by atoms with Crippen molar-refractivity contribution in [3.63, 3.8) is 0 Å². The number of nitrogens with zero attached hydrogens (tertiary/aromatic N) is 10. The van der Waals surface area contributed by atoms with E-state index in [-0.39, 0.29) is 81.5 Å². The molecule has 4 aromatic carbocycles. The molecule has 0 radical (unpaired) electrons. The number of phenolic OH excluding ortho intramolecular Hbond substituents is 2. The van der Waals surface area contributed by atoms with Gasteiger partial charge in [0.2, 0.25) is 0 Å². The van der Waals surface area contributed by atoms with E-state index in [2.05, 4.69) is 30.7 Å². The van der Waals surface area contributed by atoms with E-state index in [0.29, 0.717) is 22.8 Å². The zero-order chi connectivity index (χ0) is 35.9. The van der Waals surface area contributed by atoms with Crippen LogP contribution in [0.2, 0.25) is 0 Å². The third-order valence-electron chi connectivity index (χ3n) is 7.10. The fourth-order valence-corrected chi connectivity index (χ4v) is 4.55. The molecule has 2 N–H and O–H groups in total. The largest absolute Gasteiger partial charge is 1.00 e. The van der Waals surface area contributed by atoms with E-state index < -0.39 is 33.4 Å². The maximum Gasteiger partial charge on any atom is 1.00 e. The van der Waals surface area contributed by atoms with Gasteiger partial charge in [0.05, 0.1) is 44.8 Å². The number of carbonyl (C=O) groups is 2. The molecule has 2 aliphatic heterocycles. The summed E-state index contributed by atoms with van der Waals surface area (Å²) in [6, 6.07) is 22.8. The van der Waals surface area contributed by atoms with Crippen molar-refractivity contribution >= 4 is 57.4 Å². The summed E-state index contributed by atoms with van der Waals surface area (Å²) in [7, 11) is 0. The molecule has 0 bridgehead atoms. The van der Waals surface area contributed by atoms with E-state index in [1.165, 1.54) is 34.3 Å². The van der Waals surface area contributed by atoms with Crippen LogP contribution in [0, 0.1) is 20.2 Å². The Morgan fingerprint density at radius 2 is 0.981 bits per heavy atom. The summed E-state index contributed by atoms with van der Waals surface area (Å²) >= 11 is 0. The van der Waals surface area contributed by atoms with Crippen LogP contribution in [0.15, 0.2) is 128 Å². The maximum atomic E-state index is 12.5. The summed E-state index contributed by atoms with van der Waals surface area (Å²) in [5.74, 6) is -1.52.